The normalized spacial score (nSPS) is 12.4. The second-order valence-electron chi connectivity index (χ2n) is 9.56. The van der Waals surface area contributed by atoms with Crippen LogP contribution in [-0.4, -0.2) is 59.2 Å². The van der Waals surface area contributed by atoms with E-state index in [2.05, 4.69) is 21.3 Å². The molecule has 0 bridgehead atoms. The summed E-state index contributed by atoms with van der Waals surface area (Å²) in [5.74, 6) is -3.36. The van der Waals surface area contributed by atoms with E-state index in [1.54, 1.807) is 51.1 Å². The summed E-state index contributed by atoms with van der Waals surface area (Å²) >= 11 is 0. The van der Waals surface area contributed by atoms with E-state index in [1.807, 2.05) is 30.3 Å². The molecule has 2 aromatic carbocycles. The van der Waals surface area contributed by atoms with Crippen LogP contribution in [0.15, 0.2) is 60.7 Å². The van der Waals surface area contributed by atoms with E-state index in [0.717, 1.165) is 11.1 Å². The number of carbonyl (C=O) groups is 5. The Hall–Kier alpha value is -4.41. The maximum Gasteiger partial charge on any atom is 0.409 e. The summed E-state index contributed by atoms with van der Waals surface area (Å²) in [4.78, 5) is 60.7. The molecule has 2 aromatic rings. The molecule has 0 saturated carbocycles. The molecule has 5 N–H and O–H groups in total. The first-order chi connectivity index (χ1) is 17.9. The van der Waals surface area contributed by atoms with Crippen LogP contribution >= 0.6 is 0 Å². The van der Waals surface area contributed by atoms with E-state index in [4.69, 9.17) is 4.74 Å². The summed E-state index contributed by atoms with van der Waals surface area (Å²) in [5, 5.41) is 19.2. The molecule has 0 spiro atoms. The zero-order chi connectivity index (χ0) is 28.1. The Labute approximate surface area is 221 Å². The molecule has 0 heterocycles. The summed E-state index contributed by atoms with van der Waals surface area (Å²) in [6, 6.07) is 16.7. The van der Waals surface area contributed by atoms with Crippen LogP contribution in [0.5, 0.6) is 0 Å². The lowest BCUT2D eigenvalue weighted by atomic mass is 10.1. The number of carbonyl (C=O) groups excluding carboxylic acids is 4. The topological polar surface area (TPSA) is 163 Å². The predicted molar refractivity (Wildman–Crippen MR) is 139 cm³/mol. The van der Waals surface area contributed by atoms with Gasteiger partial charge in [0.2, 0.25) is 17.7 Å². The third kappa shape index (κ3) is 12.0. The number of rotatable bonds is 12. The van der Waals surface area contributed by atoms with Gasteiger partial charge < -0.3 is 31.1 Å². The number of aliphatic carboxylic acids is 1. The van der Waals surface area contributed by atoms with E-state index in [1.165, 1.54) is 0 Å². The monoisotopic (exact) mass is 526 g/mol. The largest absolute Gasteiger partial charge is 0.480 e. The fourth-order valence-corrected chi connectivity index (χ4v) is 3.37. The van der Waals surface area contributed by atoms with Gasteiger partial charge in [0.05, 0.1) is 6.54 Å². The summed E-state index contributed by atoms with van der Waals surface area (Å²) in [5.41, 5.74) is 0.816. The molecule has 11 nitrogen and oxygen atoms in total. The number of hydrogen-bond donors (Lipinski definition) is 5. The van der Waals surface area contributed by atoms with Crippen molar-refractivity contribution in [2.24, 2.45) is 0 Å². The smallest absolute Gasteiger partial charge is 0.409 e. The SMILES string of the molecule is CC(C)(C)OC(=O)N[C@H](Cc1ccccc1)NC(=O)CC(=O)NCC(=O)N[C@@H](Cc1ccccc1)C(=O)O. The Bertz CT molecular complexity index is 1100. The first-order valence-corrected chi connectivity index (χ1v) is 12.1. The summed E-state index contributed by atoms with van der Waals surface area (Å²) in [7, 11) is 0. The highest BCUT2D eigenvalue weighted by atomic mass is 16.6. The van der Waals surface area contributed by atoms with Crippen molar-refractivity contribution in [2.75, 3.05) is 6.54 Å². The Balaban J connectivity index is 1.87. The number of hydrogen-bond acceptors (Lipinski definition) is 6. The van der Waals surface area contributed by atoms with Gasteiger partial charge in [-0.15, -0.1) is 0 Å². The molecule has 0 aliphatic carbocycles. The Morgan fingerprint density at radius 2 is 1.32 bits per heavy atom. The van der Waals surface area contributed by atoms with E-state index in [9.17, 15) is 29.1 Å². The maximum atomic E-state index is 12.5. The summed E-state index contributed by atoms with van der Waals surface area (Å²) in [6.45, 7) is 4.61. The van der Waals surface area contributed by atoms with E-state index in [0.29, 0.717) is 0 Å². The first-order valence-electron chi connectivity index (χ1n) is 12.1. The van der Waals surface area contributed by atoms with Crippen LogP contribution in [0.25, 0.3) is 0 Å². The van der Waals surface area contributed by atoms with E-state index in [-0.39, 0.29) is 12.8 Å². The van der Waals surface area contributed by atoms with Gasteiger partial charge in [-0.25, -0.2) is 9.59 Å². The molecule has 204 valence electrons. The van der Waals surface area contributed by atoms with Crippen molar-refractivity contribution in [2.45, 2.75) is 57.8 Å². The van der Waals surface area contributed by atoms with Gasteiger partial charge in [-0.1, -0.05) is 60.7 Å². The van der Waals surface area contributed by atoms with Gasteiger partial charge in [-0.2, -0.15) is 0 Å². The molecule has 0 radical (unpaired) electrons. The van der Waals surface area contributed by atoms with Gasteiger partial charge >= 0.3 is 12.1 Å². The number of carboxylic acid groups (broad SMARTS) is 1. The van der Waals surface area contributed by atoms with Crippen molar-refractivity contribution < 1.29 is 33.8 Å². The van der Waals surface area contributed by atoms with Crippen LogP contribution in [0.2, 0.25) is 0 Å². The predicted octanol–water partition coefficient (Wildman–Crippen LogP) is 1.51. The molecular weight excluding hydrogens is 492 g/mol. The number of carboxylic acids is 1. The van der Waals surface area contributed by atoms with Crippen LogP contribution in [0, 0.1) is 0 Å². The molecule has 0 saturated heterocycles. The second-order valence-corrected chi connectivity index (χ2v) is 9.56. The third-order valence-corrected chi connectivity index (χ3v) is 4.99. The first kappa shape index (κ1) is 29.8. The molecule has 0 fully saturated rings. The fraction of sp³-hybridized carbons (Fsp3) is 0.370. The fourth-order valence-electron chi connectivity index (χ4n) is 3.37. The van der Waals surface area contributed by atoms with Crippen molar-refractivity contribution in [1.29, 1.82) is 0 Å². The molecule has 38 heavy (non-hydrogen) atoms. The summed E-state index contributed by atoms with van der Waals surface area (Å²) in [6.07, 6.45) is -1.88. The van der Waals surface area contributed by atoms with Gasteiger partial charge in [-0.05, 0) is 31.9 Å². The Morgan fingerprint density at radius 1 is 0.763 bits per heavy atom. The molecule has 11 heteroatoms. The lowest BCUT2D eigenvalue weighted by Crippen LogP contribution is -2.51. The molecule has 0 aliphatic heterocycles. The minimum absolute atomic E-state index is 0.0751. The number of ether oxygens (including phenoxy) is 1. The minimum Gasteiger partial charge on any atom is -0.480 e. The van der Waals surface area contributed by atoms with E-state index < -0.39 is 60.6 Å². The van der Waals surface area contributed by atoms with Gasteiger partial charge in [0.1, 0.15) is 24.2 Å². The molecule has 0 aromatic heterocycles. The Kier molecular flexibility index (Phi) is 11.3. The highest BCUT2D eigenvalue weighted by Crippen LogP contribution is 2.08. The zero-order valence-corrected chi connectivity index (χ0v) is 21.7. The van der Waals surface area contributed by atoms with Gasteiger partial charge in [-0.3, -0.25) is 14.4 Å². The maximum absolute atomic E-state index is 12.5. The van der Waals surface area contributed by atoms with Crippen molar-refractivity contribution in [3.8, 4) is 0 Å². The number of nitrogens with one attached hydrogen (secondary N) is 4. The minimum atomic E-state index is -1.21. The number of alkyl carbamates (subject to hydrolysis) is 1. The average molecular weight is 527 g/mol. The highest BCUT2D eigenvalue weighted by Gasteiger charge is 2.23. The number of benzene rings is 2. The van der Waals surface area contributed by atoms with Crippen LogP contribution in [-0.2, 0) is 36.8 Å². The third-order valence-electron chi connectivity index (χ3n) is 4.99. The second kappa shape index (κ2) is 14.4. The molecule has 2 atom stereocenters. The molecule has 2 rings (SSSR count). The van der Waals surface area contributed by atoms with Gasteiger partial charge in [0.15, 0.2) is 0 Å². The van der Waals surface area contributed by atoms with Gasteiger partial charge in [0, 0.05) is 12.8 Å². The standard InChI is InChI=1S/C27H34N4O7/c1-27(2,3)38-26(37)31-21(15-19-12-8-5-9-13-19)30-23(33)16-22(32)28-17-24(34)29-20(25(35)36)14-18-10-6-4-7-11-18/h4-13,20-21H,14-17H2,1-3H3,(H,28,32)(H,29,34)(H,30,33)(H,31,37)(H,35,36)/t20-,21+/m0/s1. The molecular formula is C27H34N4O7. The number of amides is 4. The lowest BCUT2D eigenvalue weighted by Gasteiger charge is -2.24. The lowest BCUT2D eigenvalue weighted by molar-refractivity contribution is -0.141. The molecule has 4 amide bonds. The van der Waals surface area contributed by atoms with E-state index >= 15 is 0 Å². The van der Waals surface area contributed by atoms with Crippen LogP contribution in [0.1, 0.15) is 38.3 Å². The van der Waals surface area contributed by atoms with Crippen LogP contribution in [0.4, 0.5) is 4.79 Å². The molecule has 0 unspecified atom stereocenters. The van der Waals surface area contributed by atoms with Gasteiger partial charge in [0.25, 0.3) is 0 Å². The van der Waals surface area contributed by atoms with Crippen molar-refractivity contribution in [1.82, 2.24) is 21.3 Å². The Morgan fingerprint density at radius 3 is 1.84 bits per heavy atom. The molecule has 0 aliphatic rings. The van der Waals surface area contributed by atoms with Crippen molar-refractivity contribution in [3.63, 3.8) is 0 Å². The van der Waals surface area contributed by atoms with Crippen LogP contribution < -0.4 is 21.3 Å². The highest BCUT2D eigenvalue weighted by molar-refractivity contribution is 5.98. The quantitative estimate of drug-likeness (QED) is 0.207. The van der Waals surface area contributed by atoms with Crippen molar-refractivity contribution in [3.05, 3.63) is 71.8 Å². The summed E-state index contributed by atoms with van der Waals surface area (Å²) < 4.78 is 5.25. The van der Waals surface area contributed by atoms with Crippen LogP contribution in [0.3, 0.4) is 0 Å². The van der Waals surface area contributed by atoms with Crippen molar-refractivity contribution >= 4 is 29.8 Å². The average Bonchev–Trinajstić information content (AvgIpc) is 2.82. The zero-order valence-electron chi connectivity index (χ0n) is 21.7.